The van der Waals surface area contributed by atoms with Crippen LogP contribution in [-0.2, 0) is 11.3 Å². The van der Waals surface area contributed by atoms with Crippen LogP contribution in [0.1, 0.15) is 30.4 Å². The van der Waals surface area contributed by atoms with Gasteiger partial charge in [0.05, 0.1) is 6.04 Å². The number of nitrogens with zero attached hydrogens (tertiary/aromatic N) is 2. The summed E-state index contributed by atoms with van der Waals surface area (Å²) >= 11 is 0. The van der Waals surface area contributed by atoms with Crippen molar-refractivity contribution in [3.8, 4) is 0 Å². The smallest absolute Gasteiger partial charge is 0.240 e. The minimum atomic E-state index is 0.0504. The average Bonchev–Trinajstić information content (AvgIpc) is 3.12. The Morgan fingerprint density at radius 3 is 3.00 bits per heavy atom. The van der Waals surface area contributed by atoms with E-state index < -0.39 is 0 Å². The zero-order valence-electron chi connectivity index (χ0n) is 10.7. The number of hydrogen-bond donors (Lipinski definition) is 1. The first kappa shape index (κ1) is 11.7. The molecule has 1 aromatic heterocycles. The number of carbonyl (C=O) groups is 1. The van der Waals surface area contributed by atoms with Gasteiger partial charge >= 0.3 is 0 Å². The molecule has 0 spiro atoms. The summed E-state index contributed by atoms with van der Waals surface area (Å²) in [7, 11) is 0. The molecule has 2 fully saturated rings. The maximum Gasteiger partial charge on any atom is 0.240 e. The van der Waals surface area contributed by atoms with Crippen LogP contribution >= 0.6 is 0 Å². The van der Waals surface area contributed by atoms with Crippen LogP contribution in [0.3, 0.4) is 0 Å². The van der Waals surface area contributed by atoms with E-state index in [1.54, 1.807) is 6.20 Å². The molecule has 0 bridgehead atoms. The summed E-state index contributed by atoms with van der Waals surface area (Å²) < 4.78 is 0. The normalized spacial score (nSPS) is 23.7. The standard InChI is InChI=1S/C14H19N3O/c1-10-4-6-15-8-11(10)9-17-7-5-13(14(17)18)16-12-2-3-12/h4,6,8,12-13,16H,2-3,5,7,9H2,1H3. The lowest BCUT2D eigenvalue weighted by atomic mass is 10.1. The van der Waals surface area contributed by atoms with Crippen LogP contribution in [0, 0.1) is 6.92 Å². The van der Waals surface area contributed by atoms with Gasteiger partial charge in [0.15, 0.2) is 0 Å². The molecule has 1 aromatic rings. The van der Waals surface area contributed by atoms with Crippen LogP contribution in [-0.4, -0.2) is 34.4 Å². The SMILES string of the molecule is Cc1ccncc1CN1CCC(NC2CC2)C1=O. The number of carbonyl (C=O) groups excluding carboxylic acids is 1. The highest BCUT2D eigenvalue weighted by Gasteiger charge is 2.35. The predicted molar refractivity (Wildman–Crippen MR) is 69.0 cm³/mol. The van der Waals surface area contributed by atoms with E-state index in [0.29, 0.717) is 12.6 Å². The monoisotopic (exact) mass is 245 g/mol. The van der Waals surface area contributed by atoms with E-state index in [-0.39, 0.29) is 11.9 Å². The fourth-order valence-corrected chi connectivity index (χ4v) is 2.45. The highest BCUT2D eigenvalue weighted by molar-refractivity contribution is 5.84. The quantitative estimate of drug-likeness (QED) is 0.868. The van der Waals surface area contributed by atoms with Gasteiger partial charge in [0.1, 0.15) is 0 Å². The minimum Gasteiger partial charge on any atom is -0.337 e. The van der Waals surface area contributed by atoms with Crippen molar-refractivity contribution in [1.29, 1.82) is 0 Å². The van der Waals surface area contributed by atoms with E-state index >= 15 is 0 Å². The lowest BCUT2D eigenvalue weighted by molar-refractivity contribution is -0.130. The number of aromatic nitrogens is 1. The van der Waals surface area contributed by atoms with Gasteiger partial charge in [-0.15, -0.1) is 0 Å². The van der Waals surface area contributed by atoms with Gasteiger partial charge in [0, 0.05) is 31.5 Å². The molecule has 1 atom stereocenters. The van der Waals surface area contributed by atoms with Crippen molar-refractivity contribution in [3.63, 3.8) is 0 Å². The number of pyridine rings is 1. The summed E-state index contributed by atoms with van der Waals surface area (Å²) in [4.78, 5) is 18.3. The number of likely N-dealkylation sites (tertiary alicyclic amines) is 1. The molecule has 0 radical (unpaired) electrons. The largest absolute Gasteiger partial charge is 0.337 e. The number of amides is 1. The topological polar surface area (TPSA) is 45.2 Å². The molecule has 2 heterocycles. The third kappa shape index (κ3) is 2.38. The van der Waals surface area contributed by atoms with Crippen molar-refractivity contribution >= 4 is 5.91 Å². The van der Waals surface area contributed by atoms with E-state index in [4.69, 9.17) is 0 Å². The van der Waals surface area contributed by atoms with Gasteiger partial charge in [-0.1, -0.05) is 0 Å². The van der Waals surface area contributed by atoms with Crippen molar-refractivity contribution in [2.45, 2.75) is 44.8 Å². The number of hydrogen-bond acceptors (Lipinski definition) is 3. The van der Waals surface area contributed by atoms with Gasteiger partial charge in [-0.3, -0.25) is 9.78 Å². The first-order valence-electron chi connectivity index (χ1n) is 6.68. The summed E-state index contributed by atoms with van der Waals surface area (Å²) in [6.07, 6.45) is 7.05. The molecule has 1 aliphatic heterocycles. The molecular formula is C14H19N3O. The fourth-order valence-electron chi connectivity index (χ4n) is 2.45. The molecule has 96 valence electrons. The Morgan fingerprint density at radius 2 is 2.28 bits per heavy atom. The summed E-state index contributed by atoms with van der Waals surface area (Å²) in [5, 5.41) is 3.43. The Kier molecular flexibility index (Phi) is 3.04. The Labute approximate surface area is 107 Å². The third-order valence-electron chi connectivity index (χ3n) is 3.82. The second-order valence-corrected chi connectivity index (χ2v) is 5.34. The van der Waals surface area contributed by atoms with Crippen LogP contribution < -0.4 is 5.32 Å². The van der Waals surface area contributed by atoms with Crippen LogP contribution in [0.2, 0.25) is 0 Å². The van der Waals surface area contributed by atoms with Crippen LogP contribution in [0.15, 0.2) is 18.5 Å². The van der Waals surface area contributed by atoms with Crippen molar-refractivity contribution in [3.05, 3.63) is 29.6 Å². The molecule has 1 amide bonds. The average molecular weight is 245 g/mol. The van der Waals surface area contributed by atoms with E-state index in [1.807, 2.05) is 17.2 Å². The molecule has 4 heteroatoms. The summed E-state index contributed by atoms with van der Waals surface area (Å²) in [6, 6.07) is 2.64. The van der Waals surface area contributed by atoms with Gasteiger partial charge in [0.25, 0.3) is 0 Å². The molecule has 1 unspecified atom stereocenters. The molecule has 1 N–H and O–H groups in total. The Balaban J connectivity index is 1.63. The minimum absolute atomic E-state index is 0.0504. The first-order chi connectivity index (χ1) is 8.74. The van der Waals surface area contributed by atoms with E-state index in [0.717, 1.165) is 18.5 Å². The van der Waals surface area contributed by atoms with Crippen LogP contribution in [0.5, 0.6) is 0 Å². The van der Waals surface area contributed by atoms with E-state index in [1.165, 1.54) is 18.4 Å². The maximum absolute atomic E-state index is 12.2. The van der Waals surface area contributed by atoms with Crippen molar-refractivity contribution in [2.75, 3.05) is 6.54 Å². The zero-order valence-corrected chi connectivity index (χ0v) is 10.7. The molecule has 1 saturated heterocycles. The molecular weight excluding hydrogens is 226 g/mol. The fraction of sp³-hybridized carbons (Fsp3) is 0.571. The highest BCUT2D eigenvalue weighted by atomic mass is 16.2. The molecule has 4 nitrogen and oxygen atoms in total. The molecule has 1 saturated carbocycles. The Hall–Kier alpha value is -1.42. The first-order valence-corrected chi connectivity index (χ1v) is 6.68. The third-order valence-corrected chi connectivity index (χ3v) is 3.82. The number of aryl methyl sites for hydroxylation is 1. The Morgan fingerprint density at radius 1 is 1.44 bits per heavy atom. The van der Waals surface area contributed by atoms with Gasteiger partial charge in [-0.2, -0.15) is 0 Å². The van der Waals surface area contributed by atoms with Crippen molar-refractivity contribution in [1.82, 2.24) is 15.2 Å². The van der Waals surface area contributed by atoms with Crippen molar-refractivity contribution in [2.24, 2.45) is 0 Å². The number of nitrogens with one attached hydrogen (secondary N) is 1. The molecule has 1 aliphatic carbocycles. The van der Waals surface area contributed by atoms with Crippen molar-refractivity contribution < 1.29 is 4.79 Å². The summed E-state index contributed by atoms with van der Waals surface area (Å²) in [5.41, 5.74) is 2.36. The van der Waals surface area contributed by atoms with Crippen LogP contribution in [0.4, 0.5) is 0 Å². The molecule has 18 heavy (non-hydrogen) atoms. The van der Waals surface area contributed by atoms with Gasteiger partial charge in [-0.25, -0.2) is 0 Å². The van der Waals surface area contributed by atoms with Crippen LogP contribution in [0.25, 0.3) is 0 Å². The summed E-state index contributed by atoms with van der Waals surface area (Å²) in [5.74, 6) is 0.255. The highest BCUT2D eigenvalue weighted by Crippen LogP contribution is 2.23. The van der Waals surface area contributed by atoms with Gasteiger partial charge in [0.2, 0.25) is 5.91 Å². The lowest BCUT2D eigenvalue weighted by Crippen LogP contribution is -2.39. The second-order valence-electron chi connectivity index (χ2n) is 5.34. The Bertz CT molecular complexity index is 456. The van der Waals surface area contributed by atoms with E-state index in [9.17, 15) is 4.79 Å². The van der Waals surface area contributed by atoms with E-state index in [2.05, 4.69) is 17.2 Å². The second kappa shape index (κ2) is 4.69. The molecule has 0 aromatic carbocycles. The van der Waals surface area contributed by atoms with Gasteiger partial charge < -0.3 is 10.2 Å². The number of rotatable bonds is 4. The molecule has 2 aliphatic rings. The zero-order chi connectivity index (χ0) is 12.5. The molecule has 3 rings (SSSR count). The summed E-state index contributed by atoms with van der Waals surface area (Å²) in [6.45, 7) is 3.62. The van der Waals surface area contributed by atoms with Gasteiger partial charge in [-0.05, 0) is 43.4 Å². The maximum atomic E-state index is 12.2. The predicted octanol–water partition coefficient (Wildman–Crippen LogP) is 1.24. The lowest BCUT2D eigenvalue weighted by Gasteiger charge is -2.18.